The molecule has 0 N–H and O–H groups in total. The third kappa shape index (κ3) is 1.58. The summed E-state index contributed by atoms with van der Waals surface area (Å²) in [6.07, 6.45) is 20.9. The first-order valence-corrected chi connectivity index (χ1v) is 9.28. The summed E-state index contributed by atoms with van der Waals surface area (Å²) in [6, 6.07) is 0. The zero-order chi connectivity index (χ0) is 12.5. The van der Waals surface area contributed by atoms with E-state index in [0.29, 0.717) is 0 Å². The summed E-state index contributed by atoms with van der Waals surface area (Å²) < 4.78 is 0. The largest absolute Gasteiger partial charge is 0.0528 e. The van der Waals surface area contributed by atoms with Gasteiger partial charge >= 0.3 is 0 Å². The predicted molar refractivity (Wildman–Crippen MR) is 78.8 cm³/mol. The Balaban J connectivity index is 1.37. The molecule has 0 amide bonds. The molecule has 5 aliphatic carbocycles. The minimum absolute atomic E-state index is 0.867. The number of fused-ring (bicyclic) bond motifs is 3. The highest BCUT2D eigenvalue weighted by atomic mass is 14.6. The molecule has 2 spiro atoms. The molecule has 5 aliphatic rings. The maximum Gasteiger partial charge on any atom is -0.0292 e. The molecule has 0 aromatic heterocycles. The van der Waals surface area contributed by atoms with Crippen molar-refractivity contribution in [3.63, 3.8) is 0 Å². The molecule has 5 saturated carbocycles. The molecule has 0 bridgehead atoms. The van der Waals surface area contributed by atoms with Gasteiger partial charge in [-0.25, -0.2) is 0 Å². The minimum Gasteiger partial charge on any atom is -0.0528 e. The molecule has 4 unspecified atom stereocenters. The van der Waals surface area contributed by atoms with Gasteiger partial charge in [0.05, 0.1) is 0 Å². The lowest BCUT2D eigenvalue weighted by atomic mass is 9.78. The minimum atomic E-state index is 0.867. The smallest absolute Gasteiger partial charge is 0.0292 e. The quantitative estimate of drug-likeness (QED) is 0.533. The van der Waals surface area contributed by atoms with Crippen molar-refractivity contribution in [2.75, 3.05) is 0 Å². The highest BCUT2D eigenvalue weighted by molar-refractivity contribution is 5.09. The maximum absolute atomic E-state index is 1.66. The van der Waals surface area contributed by atoms with Gasteiger partial charge in [0.25, 0.3) is 0 Å². The predicted octanol–water partition coefficient (Wildman–Crippen LogP) is 5.56. The van der Waals surface area contributed by atoms with Crippen LogP contribution in [0.15, 0.2) is 0 Å². The van der Waals surface area contributed by atoms with Crippen LogP contribution in [-0.2, 0) is 0 Å². The van der Waals surface area contributed by atoms with Gasteiger partial charge in [0.15, 0.2) is 0 Å². The zero-order valence-corrected chi connectivity index (χ0v) is 12.5. The summed E-state index contributed by atoms with van der Waals surface area (Å²) in [6.45, 7) is 0. The molecule has 5 rings (SSSR count). The van der Waals surface area contributed by atoms with E-state index >= 15 is 0 Å². The third-order valence-corrected chi connectivity index (χ3v) is 8.42. The first-order chi connectivity index (χ1) is 9.28. The second-order valence-electron chi connectivity index (χ2n) is 9.31. The molecule has 0 aliphatic heterocycles. The molecular weight excluding hydrogens is 228 g/mol. The van der Waals surface area contributed by atoms with E-state index in [0.717, 1.165) is 10.8 Å². The van der Waals surface area contributed by atoms with Crippen molar-refractivity contribution in [1.82, 2.24) is 0 Å². The highest BCUT2D eigenvalue weighted by Gasteiger charge is 2.59. The Bertz CT molecular complexity index is 333. The van der Waals surface area contributed by atoms with Gasteiger partial charge in [0.2, 0.25) is 0 Å². The first-order valence-electron chi connectivity index (χ1n) is 9.28. The summed E-state index contributed by atoms with van der Waals surface area (Å²) in [5, 5.41) is 0. The van der Waals surface area contributed by atoms with Crippen LogP contribution in [-0.4, -0.2) is 0 Å². The van der Waals surface area contributed by atoms with Gasteiger partial charge in [0.1, 0.15) is 0 Å². The Kier molecular flexibility index (Phi) is 2.33. The molecule has 4 atom stereocenters. The second-order valence-corrected chi connectivity index (χ2v) is 9.31. The lowest BCUT2D eigenvalue weighted by molar-refractivity contribution is 0.235. The molecule has 19 heavy (non-hydrogen) atoms. The van der Waals surface area contributed by atoms with Crippen LogP contribution < -0.4 is 0 Å². The molecule has 0 heteroatoms. The van der Waals surface area contributed by atoms with Crippen molar-refractivity contribution in [1.29, 1.82) is 0 Å². The molecule has 0 nitrogen and oxygen atoms in total. The Labute approximate surface area is 118 Å². The SMILES string of the molecule is C1CCC2(C1)CC1CC3CC4(CCCC4)CC3C1C2. The van der Waals surface area contributed by atoms with Gasteiger partial charge in [-0.2, -0.15) is 0 Å². The summed E-state index contributed by atoms with van der Waals surface area (Å²) in [5.74, 6) is 4.71. The Morgan fingerprint density at radius 1 is 0.526 bits per heavy atom. The second kappa shape index (κ2) is 3.80. The molecule has 0 saturated heterocycles. The van der Waals surface area contributed by atoms with E-state index in [4.69, 9.17) is 0 Å². The van der Waals surface area contributed by atoms with E-state index in [1.54, 1.807) is 83.5 Å². The monoisotopic (exact) mass is 258 g/mol. The van der Waals surface area contributed by atoms with E-state index in [9.17, 15) is 0 Å². The van der Waals surface area contributed by atoms with Crippen LogP contribution >= 0.6 is 0 Å². The van der Waals surface area contributed by atoms with Gasteiger partial charge in [0, 0.05) is 0 Å². The van der Waals surface area contributed by atoms with Gasteiger partial charge < -0.3 is 0 Å². The van der Waals surface area contributed by atoms with Crippen molar-refractivity contribution in [2.24, 2.45) is 34.5 Å². The van der Waals surface area contributed by atoms with E-state index in [-0.39, 0.29) is 0 Å². The standard InChI is InChI=1S/C19H30/c1-2-6-18(5-1)10-14-9-15-11-19(7-3-4-8-19)13-17(15)16(14)12-18/h14-17H,1-13H2. The van der Waals surface area contributed by atoms with Crippen LogP contribution in [0.3, 0.4) is 0 Å². The zero-order valence-electron chi connectivity index (χ0n) is 12.5. The van der Waals surface area contributed by atoms with E-state index < -0.39 is 0 Å². The van der Waals surface area contributed by atoms with Gasteiger partial charge in [-0.05, 0) is 92.3 Å². The summed E-state index contributed by atoms with van der Waals surface area (Å²) in [5.41, 5.74) is 1.73. The van der Waals surface area contributed by atoms with Crippen LogP contribution in [0.4, 0.5) is 0 Å². The molecule has 0 aromatic carbocycles. The van der Waals surface area contributed by atoms with Crippen LogP contribution in [0.1, 0.15) is 83.5 Å². The van der Waals surface area contributed by atoms with E-state index in [2.05, 4.69) is 0 Å². The van der Waals surface area contributed by atoms with Gasteiger partial charge in [-0.1, -0.05) is 25.7 Å². The number of hydrogen-bond donors (Lipinski definition) is 0. The fraction of sp³-hybridized carbons (Fsp3) is 1.00. The van der Waals surface area contributed by atoms with Crippen molar-refractivity contribution < 1.29 is 0 Å². The van der Waals surface area contributed by atoms with Crippen LogP contribution in [0, 0.1) is 34.5 Å². The third-order valence-electron chi connectivity index (χ3n) is 8.42. The first kappa shape index (κ1) is 11.6. The highest BCUT2D eigenvalue weighted by Crippen LogP contribution is 2.69. The average Bonchev–Trinajstić information content (AvgIpc) is 3.14. The molecule has 0 heterocycles. The van der Waals surface area contributed by atoms with Crippen molar-refractivity contribution in [2.45, 2.75) is 83.5 Å². The Morgan fingerprint density at radius 3 is 1.37 bits per heavy atom. The fourth-order valence-electron chi connectivity index (χ4n) is 7.89. The molecule has 5 fully saturated rings. The normalized spacial score (nSPS) is 49.3. The molecule has 0 aromatic rings. The Morgan fingerprint density at radius 2 is 0.947 bits per heavy atom. The van der Waals surface area contributed by atoms with Crippen LogP contribution in [0.5, 0.6) is 0 Å². The Hall–Kier alpha value is 0. The summed E-state index contributed by atoms with van der Waals surface area (Å²) in [7, 11) is 0. The topological polar surface area (TPSA) is 0 Å². The lowest BCUT2D eigenvalue weighted by Gasteiger charge is -2.27. The fourth-order valence-corrected chi connectivity index (χ4v) is 7.89. The molecule has 106 valence electrons. The van der Waals surface area contributed by atoms with Crippen molar-refractivity contribution in [3.05, 3.63) is 0 Å². The van der Waals surface area contributed by atoms with Crippen LogP contribution in [0.2, 0.25) is 0 Å². The maximum atomic E-state index is 1.66. The average molecular weight is 258 g/mol. The van der Waals surface area contributed by atoms with E-state index in [1.165, 1.54) is 23.7 Å². The number of hydrogen-bond acceptors (Lipinski definition) is 0. The van der Waals surface area contributed by atoms with Crippen molar-refractivity contribution in [3.8, 4) is 0 Å². The van der Waals surface area contributed by atoms with Crippen molar-refractivity contribution >= 4 is 0 Å². The number of rotatable bonds is 0. The summed E-state index contributed by atoms with van der Waals surface area (Å²) >= 11 is 0. The molecular formula is C19H30. The van der Waals surface area contributed by atoms with Gasteiger partial charge in [-0.3, -0.25) is 0 Å². The summed E-state index contributed by atoms with van der Waals surface area (Å²) in [4.78, 5) is 0. The van der Waals surface area contributed by atoms with E-state index in [1.807, 2.05) is 0 Å². The van der Waals surface area contributed by atoms with Crippen LogP contribution in [0.25, 0.3) is 0 Å². The molecule has 0 radical (unpaired) electrons. The van der Waals surface area contributed by atoms with Gasteiger partial charge in [-0.15, -0.1) is 0 Å². The lowest BCUT2D eigenvalue weighted by Crippen LogP contribution is -2.17.